The van der Waals surface area contributed by atoms with Gasteiger partial charge in [0.15, 0.2) is 11.5 Å². The van der Waals surface area contributed by atoms with Gasteiger partial charge in [0, 0.05) is 11.3 Å². The smallest absolute Gasteiger partial charge is 0.238 e. The van der Waals surface area contributed by atoms with Gasteiger partial charge in [0.1, 0.15) is 5.37 Å². The van der Waals surface area contributed by atoms with E-state index in [1.54, 1.807) is 26.0 Å². The second kappa shape index (κ2) is 8.49. The fourth-order valence-corrected chi connectivity index (χ4v) is 4.44. The van der Waals surface area contributed by atoms with E-state index in [9.17, 15) is 4.79 Å². The van der Waals surface area contributed by atoms with Crippen molar-refractivity contribution in [2.45, 2.75) is 31.6 Å². The number of unbranched alkanes of at least 4 members (excludes halogenated alkanes) is 1. The Morgan fingerprint density at radius 1 is 1.12 bits per heavy atom. The molecule has 26 heavy (non-hydrogen) atoms. The summed E-state index contributed by atoms with van der Waals surface area (Å²) in [6.45, 7) is 2.20. The number of carbonyl (C=O) groups is 1. The van der Waals surface area contributed by atoms with Crippen molar-refractivity contribution in [1.29, 1.82) is 0 Å². The van der Waals surface area contributed by atoms with Gasteiger partial charge in [-0.3, -0.25) is 9.69 Å². The van der Waals surface area contributed by atoms with Crippen molar-refractivity contribution in [3.8, 4) is 11.5 Å². The van der Waals surface area contributed by atoms with E-state index in [2.05, 4.69) is 31.2 Å². The van der Waals surface area contributed by atoms with Crippen LogP contribution in [0.15, 0.2) is 42.5 Å². The summed E-state index contributed by atoms with van der Waals surface area (Å²) < 4.78 is 11.0. The van der Waals surface area contributed by atoms with Crippen molar-refractivity contribution in [2.75, 3.05) is 24.9 Å². The molecule has 0 radical (unpaired) electrons. The molecular weight excluding hydrogens is 346 g/mol. The summed E-state index contributed by atoms with van der Waals surface area (Å²) in [6, 6.07) is 14.2. The Morgan fingerprint density at radius 2 is 1.88 bits per heavy atom. The van der Waals surface area contributed by atoms with Crippen LogP contribution in [0.1, 0.15) is 36.3 Å². The molecule has 0 bridgehead atoms. The Balaban J connectivity index is 1.92. The third-order valence-corrected chi connectivity index (χ3v) is 5.79. The number of thioether (sulfide) groups is 1. The van der Waals surface area contributed by atoms with E-state index >= 15 is 0 Å². The van der Waals surface area contributed by atoms with E-state index in [1.165, 1.54) is 18.4 Å². The normalized spacial score (nSPS) is 16.8. The lowest BCUT2D eigenvalue weighted by Crippen LogP contribution is -2.28. The highest BCUT2D eigenvalue weighted by atomic mass is 32.2. The van der Waals surface area contributed by atoms with E-state index < -0.39 is 0 Å². The van der Waals surface area contributed by atoms with Crippen LogP contribution in [0, 0.1) is 0 Å². The van der Waals surface area contributed by atoms with Gasteiger partial charge in [-0.1, -0.05) is 37.6 Å². The average molecular weight is 372 g/mol. The van der Waals surface area contributed by atoms with Crippen LogP contribution in [0.25, 0.3) is 0 Å². The fourth-order valence-electron chi connectivity index (χ4n) is 3.24. The molecule has 0 spiro atoms. The quantitative estimate of drug-likeness (QED) is 0.699. The van der Waals surface area contributed by atoms with Gasteiger partial charge in [-0.2, -0.15) is 0 Å². The Kier molecular flexibility index (Phi) is 6.09. The number of rotatable bonds is 7. The molecule has 0 aliphatic carbocycles. The number of benzene rings is 2. The molecule has 0 aromatic heterocycles. The number of para-hydroxylation sites is 1. The first-order valence-electron chi connectivity index (χ1n) is 8.93. The van der Waals surface area contributed by atoms with Crippen molar-refractivity contribution in [1.82, 2.24) is 0 Å². The van der Waals surface area contributed by atoms with Crippen molar-refractivity contribution in [2.24, 2.45) is 0 Å². The second-order valence-electron chi connectivity index (χ2n) is 6.28. The van der Waals surface area contributed by atoms with Gasteiger partial charge in [0.05, 0.1) is 20.0 Å². The highest BCUT2D eigenvalue weighted by Gasteiger charge is 2.36. The van der Waals surface area contributed by atoms with Crippen LogP contribution in [0.3, 0.4) is 0 Å². The molecule has 1 heterocycles. The Labute approximate surface area is 159 Å². The van der Waals surface area contributed by atoms with Gasteiger partial charge in [-0.25, -0.2) is 0 Å². The van der Waals surface area contributed by atoms with Crippen molar-refractivity contribution in [3.63, 3.8) is 0 Å². The van der Waals surface area contributed by atoms with E-state index in [0.29, 0.717) is 17.3 Å². The molecule has 2 aromatic rings. The minimum Gasteiger partial charge on any atom is -0.493 e. The van der Waals surface area contributed by atoms with Crippen molar-refractivity contribution >= 4 is 23.4 Å². The van der Waals surface area contributed by atoms with E-state index in [1.807, 2.05) is 23.1 Å². The molecule has 1 unspecified atom stereocenters. The van der Waals surface area contributed by atoms with E-state index in [-0.39, 0.29) is 11.3 Å². The minimum absolute atomic E-state index is 0.117. The molecular formula is C21H25NO3S. The first-order chi connectivity index (χ1) is 12.7. The average Bonchev–Trinajstić information content (AvgIpc) is 3.07. The van der Waals surface area contributed by atoms with Crippen LogP contribution >= 0.6 is 11.8 Å². The monoisotopic (exact) mass is 371 g/mol. The number of nitrogens with zero attached hydrogens (tertiary/aromatic N) is 1. The fraction of sp³-hybridized carbons (Fsp3) is 0.381. The standard InChI is InChI=1S/C21H25NO3S/c1-4-5-7-15-10-12-16(13-11-15)22-19(23)14-26-21(22)17-8-6-9-18(24-2)20(17)25-3/h6,8-13,21H,4-5,7,14H2,1-3H3. The van der Waals surface area contributed by atoms with E-state index in [4.69, 9.17) is 9.47 Å². The van der Waals surface area contributed by atoms with Gasteiger partial charge < -0.3 is 9.47 Å². The Morgan fingerprint density at radius 3 is 2.54 bits per heavy atom. The van der Waals surface area contributed by atoms with Crippen LogP contribution in [0.4, 0.5) is 5.69 Å². The highest BCUT2D eigenvalue weighted by molar-refractivity contribution is 8.00. The van der Waals surface area contributed by atoms with Crippen LogP contribution in [-0.4, -0.2) is 25.9 Å². The molecule has 1 amide bonds. The molecule has 138 valence electrons. The highest BCUT2D eigenvalue weighted by Crippen LogP contribution is 2.47. The van der Waals surface area contributed by atoms with Crippen LogP contribution in [0.5, 0.6) is 11.5 Å². The Hall–Kier alpha value is -2.14. The summed E-state index contributed by atoms with van der Waals surface area (Å²) in [5.74, 6) is 1.94. The number of hydrogen-bond donors (Lipinski definition) is 0. The van der Waals surface area contributed by atoms with Gasteiger partial charge in [0.25, 0.3) is 0 Å². The predicted octanol–water partition coefficient (Wildman–Crippen LogP) is 4.83. The van der Waals surface area contributed by atoms with Gasteiger partial charge in [-0.15, -0.1) is 11.8 Å². The first kappa shape index (κ1) is 18.6. The number of methoxy groups -OCH3 is 2. The summed E-state index contributed by atoms with van der Waals surface area (Å²) in [5, 5.41) is -0.117. The van der Waals surface area contributed by atoms with Crippen molar-refractivity contribution < 1.29 is 14.3 Å². The summed E-state index contributed by atoms with van der Waals surface area (Å²) in [6.07, 6.45) is 3.44. The molecule has 1 aliphatic heterocycles. The zero-order valence-electron chi connectivity index (χ0n) is 15.5. The maximum Gasteiger partial charge on any atom is 0.238 e. The van der Waals surface area contributed by atoms with Crippen LogP contribution in [-0.2, 0) is 11.2 Å². The maximum absolute atomic E-state index is 12.6. The third kappa shape index (κ3) is 3.68. The summed E-state index contributed by atoms with van der Waals surface area (Å²) in [7, 11) is 3.26. The van der Waals surface area contributed by atoms with Gasteiger partial charge in [-0.05, 0) is 36.6 Å². The summed E-state index contributed by atoms with van der Waals surface area (Å²) >= 11 is 1.61. The number of hydrogen-bond acceptors (Lipinski definition) is 4. The third-order valence-electron chi connectivity index (χ3n) is 4.60. The lowest BCUT2D eigenvalue weighted by molar-refractivity contribution is -0.115. The molecule has 5 heteroatoms. The Bertz CT molecular complexity index is 760. The maximum atomic E-state index is 12.6. The largest absolute Gasteiger partial charge is 0.493 e. The lowest BCUT2D eigenvalue weighted by Gasteiger charge is -2.26. The van der Waals surface area contributed by atoms with Gasteiger partial charge >= 0.3 is 0 Å². The number of ether oxygens (including phenoxy) is 2. The van der Waals surface area contributed by atoms with Crippen LogP contribution in [0.2, 0.25) is 0 Å². The van der Waals surface area contributed by atoms with E-state index in [0.717, 1.165) is 17.7 Å². The lowest BCUT2D eigenvalue weighted by atomic mass is 10.1. The first-order valence-corrected chi connectivity index (χ1v) is 9.98. The molecule has 2 aromatic carbocycles. The van der Waals surface area contributed by atoms with Gasteiger partial charge in [0.2, 0.25) is 5.91 Å². The zero-order valence-corrected chi connectivity index (χ0v) is 16.3. The zero-order chi connectivity index (χ0) is 18.5. The second-order valence-corrected chi connectivity index (χ2v) is 7.35. The molecule has 1 saturated heterocycles. The SMILES string of the molecule is CCCCc1ccc(N2C(=O)CSC2c2cccc(OC)c2OC)cc1. The minimum atomic E-state index is -0.117. The number of anilines is 1. The summed E-state index contributed by atoms with van der Waals surface area (Å²) in [4.78, 5) is 14.5. The molecule has 1 aliphatic rings. The predicted molar refractivity (Wildman–Crippen MR) is 107 cm³/mol. The molecule has 1 atom stereocenters. The molecule has 3 rings (SSSR count). The molecule has 0 N–H and O–H groups in total. The topological polar surface area (TPSA) is 38.8 Å². The number of carbonyl (C=O) groups excluding carboxylic acids is 1. The van der Waals surface area contributed by atoms with Crippen molar-refractivity contribution in [3.05, 3.63) is 53.6 Å². The number of aryl methyl sites for hydroxylation is 1. The number of amides is 1. The molecule has 1 fully saturated rings. The summed E-state index contributed by atoms with van der Waals surface area (Å²) in [5.41, 5.74) is 3.19. The van der Waals surface area contributed by atoms with Crippen LogP contribution < -0.4 is 14.4 Å². The molecule has 0 saturated carbocycles. The molecule has 4 nitrogen and oxygen atoms in total.